The van der Waals surface area contributed by atoms with Crippen LogP contribution in [0.15, 0.2) is 16.6 Å². The van der Waals surface area contributed by atoms with Crippen molar-refractivity contribution >= 4 is 32.8 Å². The van der Waals surface area contributed by atoms with Gasteiger partial charge in [0, 0.05) is 12.7 Å². The standard InChI is InChI=1S/C13H17BrO5S/c1-7(15)20-6-9(16)13(17)8-4-10(18-2)12(14)11(5-8)19-3/h4-5,9,13,16-17H,6H2,1-3H3. The van der Waals surface area contributed by atoms with Crippen molar-refractivity contribution < 1.29 is 24.5 Å². The second kappa shape index (κ2) is 7.87. The molecule has 0 aliphatic carbocycles. The summed E-state index contributed by atoms with van der Waals surface area (Å²) in [6, 6.07) is 3.22. The van der Waals surface area contributed by atoms with Crippen LogP contribution in [0.5, 0.6) is 11.5 Å². The minimum absolute atomic E-state index is 0.109. The molecule has 0 fully saturated rings. The third-order valence-corrected chi connectivity index (χ3v) is 4.33. The molecule has 0 spiro atoms. The smallest absolute Gasteiger partial charge is 0.185 e. The van der Waals surface area contributed by atoms with Crippen molar-refractivity contribution in [3.63, 3.8) is 0 Å². The van der Waals surface area contributed by atoms with E-state index >= 15 is 0 Å². The lowest BCUT2D eigenvalue weighted by atomic mass is 10.0. The van der Waals surface area contributed by atoms with Crippen LogP contribution in [0, 0.1) is 0 Å². The van der Waals surface area contributed by atoms with Crippen LogP contribution < -0.4 is 9.47 Å². The van der Waals surface area contributed by atoms with Crippen LogP contribution in [0.3, 0.4) is 0 Å². The molecule has 0 heterocycles. The number of ether oxygens (including phenoxy) is 2. The summed E-state index contributed by atoms with van der Waals surface area (Å²) >= 11 is 4.29. The van der Waals surface area contributed by atoms with Crippen molar-refractivity contribution in [3.8, 4) is 11.5 Å². The monoisotopic (exact) mass is 364 g/mol. The normalized spacial score (nSPS) is 13.7. The van der Waals surface area contributed by atoms with E-state index in [1.165, 1.54) is 21.1 Å². The molecule has 0 bridgehead atoms. The molecule has 2 unspecified atom stereocenters. The predicted octanol–water partition coefficient (Wildman–Crippen LogP) is 2.14. The van der Waals surface area contributed by atoms with Crippen LogP contribution in [0.25, 0.3) is 0 Å². The fourth-order valence-corrected chi connectivity index (χ4v) is 2.72. The van der Waals surface area contributed by atoms with Gasteiger partial charge in [0.05, 0.1) is 20.3 Å². The van der Waals surface area contributed by atoms with Gasteiger partial charge in [-0.05, 0) is 33.6 Å². The molecule has 1 aromatic rings. The van der Waals surface area contributed by atoms with Crippen LogP contribution in [0.2, 0.25) is 0 Å². The van der Waals surface area contributed by atoms with Gasteiger partial charge in [-0.3, -0.25) is 4.79 Å². The van der Waals surface area contributed by atoms with E-state index < -0.39 is 12.2 Å². The number of rotatable bonds is 6. The van der Waals surface area contributed by atoms with Crippen molar-refractivity contribution in [2.24, 2.45) is 0 Å². The molecule has 0 aromatic heterocycles. The number of benzene rings is 1. The average Bonchev–Trinajstić information content (AvgIpc) is 2.44. The van der Waals surface area contributed by atoms with Crippen LogP contribution >= 0.6 is 27.7 Å². The Morgan fingerprint density at radius 1 is 1.30 bits per heavy atom. The molecule has 0 amide bonds. The number of thioether (sulfide) groups is 1. The maximum absolute atomic E-state index is 10.9. The van der Waals surface area contributed by atoms with E-state index in [2.05, 4.69) is 15.9 Å². The first-order valence-corrected chi connectivity index (χ1v) is 7.59. The number of halogens is 1. The van der Waals surface area contributed by atoms with Gasteiger partial charge in [-0.25, -0.2) is 0 Å². The van der Waals surface area contributed by atoms with Gasteiger partial charge in [-0.1, -0.05) is 11.8 Å². The zero-order chi connectivity index (χ0) is 15.3. The van der Waals surface area contributed by atoms with Crippen molar-refractivity contribution in [2.45, 2.75) is 19.1 Å². The molecule has 2 atom stereocenters. The molecule has 1 rings (SSSR count). The largest absolute Gasteiger partial charge is 0.495 e. The maximum Gasteiger partial charge on any atom is 0.185 e. The summed E-state index contributed by atoms with van der Waals surface area (Å²) in [4.78, 5) is 10.9. The highest BCUT2D eigenvalue weighted by atomic mass is 79.9. The Balaban J connectivity index is 2.97. The summed E-state index contributed by atoms with van der Waals surface area (Å²) in [5, 5.41) is 19.9. The summed E-state index contributed by atoms with van der Waals surface area (Å²) in [5.41, 5.74) is 0.457. The summed E-state index contributed by atoms with van der Waals surface area (Å²) in [7, 11) is 3.00. The van der Waals surface area contributed by atoms with Crippen molar-refractivity contribution in [1.29, 1.82) is 0 Å². The van der Waals surface area contributed by atoms with Crippen molar-refractivity contribution in [2.75, 3.05) is 20.0 Å². The molecule has 0 aliphatic rings. The average molecular weight is 365 g/mol. The SMILES string of the molecule is COc1cc(C(O)C(O)CSC(C)=O)cc(OC)c1Br. The molecule has 1 aromatic carbocycles. The van der Waals surface area contributed by atoms with Crippen LogP contribution in [-0.4, -0.2) is 41.4 Å². The van der Waals surface area contributed by atoms with E-state index in [1.54, 1.807) is 12.1 Å². The molecule has 7 heteroatoms. The maximum atomic E-state index is 10.9. The highest BCUT2D eigenvalue weighted by Crippen LogP contribution is 2.38. The molecule has 20 heavy (non-hydrogen) atoms. The van der Waals surface area contributed by atoms with Gasteiger partial charge in [0.15, 0.2) is 5.12 Å². The first kappa shape index (κ1) is 17.3. The topological polar surface area (TPSA) is 76.0 Å². The van der Waals surface area contributed by atoms with Gasteiger partial charge in [0.2, 0.25) is 0 Å². The van der Waals surface area contributed by atoms with Crippen molar-refractivity contribution in [1.82, 2.24) is 0 Å². The van der Waals surface area contributed by atoms with E-state index in [1.807, 2.05) is 0 Å². The quantitative estimate of drug-likeness (QED) is 0.805. The Kier molecular flexibility index (Phi) is 6.81. The fourth-order valence-electron chi connectivity index (χ4n) is 1.58. The zero-order valence-corrected chi connectivity index (χ0v) is 13.8. The second-order valence-electron chi connectivity index (χ2n) is 4.05. The predicted molar refractivity (Wildman–Crippen MR) is 81.4 cm³/mol. The molecule has 0 radical (unpaired) electrons. The highest BCUT2D eigenvalue weighted by Gasteiger charge is 2.22. The summed E-state index contributed by atoms with van der Waals surface area (Å²) < 4.78 is 11.0. The van der Waals surface area contributed by atoms with Crippen LogP contribution in [-0.2, 0) is 4.79 Å². The Labute approximate surface area is 130 Å². The molecule has 0 aliphatic heterocycles. The fraction of sp³-hybridized carbons (Fsp3) is 0.462. The molecule has 2 N–H and O–H groups in total. The third kappa shape index (κ3) is 4.37. The van der Waals surface area contributed by atoms with Gasteiger partial charge < -0.3 is 19.7 Å². The summed E-state index contributed by atoms with van der Waals surface area (Å²) in [5.74, 6) is 1.10. The number of hydrogen-bond donors (Lipinski definition) is 2. The van der Waals surface area contributed by atoms with Gasteiger partial charge in [-0.2, -0.15) is 0 Å². The Morgan fingerprint density at radius 2 is 1.80 bits per heavy atom. The molecule has 0 saturated carbocycles. The Hall–Kier alpha value is -0.760. The third-order valence-electron chi connectivity index (χ3n) is 2.63. The van der Waals surface area contributed by atoms with Gasteiger partial charge in [-0.15, -0.1) is 0 Å². The Bertz CT molecular complexity index is 455. The second-order valence-corrected chi connectivity index (χ2v) is 6.04. The molecular formula is C13H17BrO5S. The minimum Gasteiger partial charge on any atom is -0.495 e. The first-order chi connectivity index (χ1) is 9.40. The van der Waals surface area contributed by atoms with Crippen molar-refractivity contribution in [3.05, 3.63) is 22.2 Å². The van der Waals surface area contributed by atoms with E-state index in [4.69, 9.17) is 9.47 Å². The van der Waals surface area contributed by atoms with Crippen LogP contribution in [0.1, 0.15) is 18.6 Å². The number of methoxy groups -OCH3 is 2. The lowest BCUT2D eigenvalue weighted by Gasteiger charge is -2.19. The summed E-state index contributed by atoms with van der Waals surface area (Å²) in [6.45, 7) is 1.41. The Morgan fingerprint density at radius 3 is 2.20 bits per heavy atom. The minimum atomic E-state index is -1.13. The molecular weight excluding hydrogens is 348 g/mol. The number of hydrogen-bond acceptors (Lipinski definition) is 6. The zero-order valence-electron chi connectivity index (χ0n) is 11.4. The molecule has 112 valence electrons. The summed E-state index contributed by atoms with van der Waals surface area (Å²) in [6.07, 6.45) is -2.18. The van der Waals surface area contributed by atoms with Gasteiger partial charge in [0.25, 0.3) is 0 Å². The number of carbonyl (C=O) groups is 1. The lowest BCUT2D eigenvalue weighted by Crippen LogP contribution is -2.21. The van der Waals surface area contributed by atoms with E-state index in [0.717, 1.165) is 11.8 Å². The lowest BCUT2D eigenvalue weighted by molar-refractivity contribution is -0.109. The van der Waals surface area contributed by atoms with E-state index in [-0.39, 0.29) is 10.9 Å². The molecule has 5 nitrogen and oxygen atoms in total. The van der Waals surface area contributed by atoms with E-state index in [0.29, 0.717) is 21.5 Å². The van der Waals surface area contributed by atoms with E-state index in [9.17, 15) is 15.0 Å². The highest BCUT2D eigenvalue weighted by molar-refractivity contribution is 9.10. The number of aliphatic hydroxyl groups excluding tert-OH is 2. The van der Waals surface area contributed by atoms with Crippen LogP contribution in [0.4, 0.5) is 0 Å². The van der Waals surface area contributed by atoms with Gasteiger partial charge in [0.1, 0.15) is 22.1 Å². The number of aliphatic hydroxyl groups is 2. The van der Waals surface area contributed by atoms with Gasteiger partial charge >= 0.3 is 0 Å². The molecule has 0 saturated heterocycles. The first-order valence-electron chi connectivity index (χ1n) is 5.81. The number of carbonyl (C=O) groups excluding carboxylic acids is 1.